The molecular weight excluding hydrogens is 320 g/mol. The maximum Gasteiger partial charge on any atom is 0.347 e. The Labute approximate surface area is 134 Å². The van der Waals surface area contributed by atoms with Crippen molar-refractivity contribution in [2.24, 2.45) is 0 Å². The van der Waals surface area contributed by atoms with Gasteiger partial charge in [-0.05, 0) is 17.5 Å². The van der Waals surface area contributed by atoms with Crippen molar-refractivity contribution in [3.05, 3.63) is 56.8 Å². The second-order valence-electron chi connectivity index (χ2n) is 4.37. The molecule has 0 unspecified atom stereocenters. The lowest BCUT2D eigenvalue weighted by atomic mass is 10.4. The molecule has 0 aliphatic carbocycles. The minimum atomic E-state index is -0.328. The highest BCUT2D eigenvalue weighted by Gasteiger charge is 2.12. The Morgan fingerprint density at radius 2 is 2.23 bits per heavy atom. The van der Waals surface area contributed by atoms with Crippen LogP contribution in [0.15, 0.2) is 46.1 Å². The number of aromatic nitrogens is 3. The van der Waals surface area contributed by atoms with E-state index >= 15 is 0 Å². The van der Waals surface area contributed by atoms with Crippen LogP contribution in [0.4, 0.5) is 0 Å². The van der Waals surface area contributed by atoms with E-state index in [0.29, 0.717) is 18.1 Å². The summed E-state index contributed by atoms with van der Waals surface area (Å²) in [6.45, 7) is 0.722. The van der Waals surface area contributed by atoms with E-state index in [1.165, 1.54) is 22.1 Å². The molecule has 0 saturated carbocycles. The molecule has 0 aromatic carbocycles. The zero-order chi connectivity index (χ0) is 15.4. The Hall–Kier alpha value is -2.32. The molecule has 0 aliphatic heterocycles. The lowest BCUT2D eigenvalue weighted by Gasteiger charge is -2.05. The zero-order valence-electron chi connectivity index (χ0n) is 11.4. The average molecular weight is 332 g/mol. The number of nitrogens with one attached hydrogen (secondary N) is 1. The molecule has 3 aromatic heterocycles. The minimum Gasteiger partial charge on any atom is -0.348 e. The summed E-state index contributed by atoms with van der Waals surface area (Å²) in [7, 11) is 0. The highest BCUT2D eigenvalue weighted by atomic mass is 32.1. The van der Waals surface area contributed by atoms with Crippen LogP contribution in [-0.2, 0) is 6.54 Å². The van der Waals surface area contributed by atoms with Crippen LogP contribution in [0.1, 0.15) is 9.80 Å². The number of carbonyl (C=O) groups excluding carboxylic acids is 1. The number of hydrogen-bond donors (Lipinski definition) is 1. The predicted octanol–water partition coefficient (Wildman–Crippen LogP) is 1.86. The van der Waals surface area contributed by atoms with Crippen molar-refractivity contribution in [1.82, 2.24) is 19.9 Å². The third-order valence-electron chi connectivity index (χ3n) is 2.89. The Morgan fingerprint density at radius 1 is 1.32 bits per heavy atom. The summed E-state index contributed by atoms with van der Waals surface area (Å²) in [5, 5.41) is 7.02. The van der Waals surface area contributed by atoms with Gasteiger partial charge in [-0.3, -0.25) is 9.36 Å². The zero-order valence-corrected chi connectivity index (χ0v) is 13.1. The van der Waals surface area contributed by atoms with E-state index in [9.17, 15) is 9.59 Å². The summed E-state index contributed by atoms with van der Waals surface area (Å²) in [6.07, 6.45) is 3.08. The lowest BCUT2D eigenvalue weighted by Crippen LogP contribution is -2.31. The molecule has 0 aliphatic rings. The van der Waals surface area contributed by atoms with Gasteiger partial charge in [0.2, 0.25) is 0 Å². The van der Waals surface area contributed by atoms with Gasteiger partial charge in [0.15, 0.2) is 5.01 Å². The molecule has 3 heterocycles. The van der Waals surface area contributed by atoms with Crippen LogP contribution < -0.4 is 11.0 Å². The van der Waals surface area contributed by atoms with E-state index in [-0.39, 0.29) is 11.6 Å². The minimum absolute atomic E-state index is 0.232. The van der Waals surface area contributed by atoms with Gasteiger partial charge >= 0.3 is 5.69 Å². The van der Waals surface area contributed by atoms with Crippen LogP contribution in [-0.4, -0.2) is 27.0 Å². The molecule has 0 bridgehead atoms. The molecule has 0 spiro atoms. The number of rotatable bonds is 5. The lowest BCUT2D eigenvalue weighted by molar-refractivity contribution is 0.0952. The summed E-state index contributed by atoms with van der Waals surface area (Å²) in [5.41, 5.74) is 0.486. The van der Waals surface area contributed by atoms with Crippen molar-refractivity contribution in [3.8, 4) is 10.6 Å². The van der Waals surface area contributed by atoms with Crippen LogP contribution in [0.2, 0.25) is 0 Å². The summed E-state index contributed by atoms with van der Waals surface area (Å²) >= 11 is 2.89. The number of carbonyl (C=O) groups is 1. The van der Waals surface area contributed by atoms with Gasteiger partial charge in [0, 0.05) is 30.9 Å². The standard InChI is InChI=1S/C14H12N4O2S2/c19-12(15-5-7-18-6-2-4-16-14(18)20)13-17-10(9-22-13)11-3-1-8-21-11/h1-4,6,8-9H,5,7H2,(H,15,19). The van der Waals surface area contributed by atoms with Gasteiger partial charge in [0.25, 0.3) is 5.91 Å². The van der Waals surface area contributed by atoms with Crippen LogP contribution in [0.25, 0.3) is 10.6 Å². The number of hydrogen-bond acceptors (Lipinski definition) is 6. The van der Waals surface area contributed by atoms with Crippen molar-refractivity contribution >= 4 is 28.6 Å². The largest absolute Gasteiger partial charge is 0.348 e. The second-order valence-corrected chi connectivity index (χ2v) is 6.17. The first-order valence-corrected chi connectivity index (χ1v) is 8.29. The van der Waals surface area contributed by atoms with Gasteiger partial charge in [-0.25, -0.2) is 14.8 Å². The first kappa shape index (κ1) is 14.6. The molecule has 8 heteroatoms. The van der Waals surface area contributed by atoms with E-state index in [0.717, 1.165) is 10.6 Å². The molecule has 0 atom stereocenters. The third-order valence-corrected chi connectivity index (χ3v) is 4.63. The van der Waals surface area contributed by atoms with Crippen LogP contribution in [0, 0.1) is 0 Å². The van der Waals surface area contributed by atoms with Crippen LogP contribution in [0.3, 0.4) is 0 Å². The van der Waals surface area contributed by atoms with Crippen molar-refractivity contribution in [2.45, 2.75) is 6.54 Å². The van der Waals surface area contributed by atoms with Gasteiger partial charge < -0.3 is 5.32 Å². The van der Waals surface area contributed by atoms with Crippen molar-refractivity contribution < 1.29 is 4.79 Å². The summed E-state index contributed by atoms with van der Waals surface area (Å²) in [5.74, 6) is -0.232. The fourth-order valence-electron chi connectivity index (χ4n) is 1.84. The molecule has 3 aromatic rings. The molecule has 0 fully saturated rings. The second kappa shape index (κ2) is 6.63. The summed E-state index contributed by atoms with van der Waals surface area (Å²) in [4.78, 5) is 32.5. The number of nitrogens with zero attached hydrogens (tertiary/aromatic N) is 3. The predicted molar refractivity (Wildman–Crippen MR) is 86.3 cm³/mol. The number of thiophene rings is 1. The Morgan fingerprint density at radius 3 is 3.00 bits per heavy atom. The average Bonchev–Trinajstić information content (AvgIpc) is 3.20. The number of amides is 1. The van der Waals surface area contributed by atoms with E-state index in [1.807, 2.05) is 22.9 Å². The maximum absolute atomic E-state index is 12.0. The van der Waals surface area contributed by atoms with Crippen molar-refractivity contribution in [3.63, 3.8) is 0 Å². The first-order chi connectivity index (χ1) is 10.7. The molecule has 112 valence electrons. The van der Waals surface area contributed by atoms with Crippen molar-refractivity contribution in [1.29, 1.82) is 0 Å². The number of thiazole rings is 1. The van der Waals surface area contributed by atoms with E-state index < -0.39 is 0 Å². The van der Waals surface area contributed by atoms with Gasteiger partial charge in [0.1, 0.15) is 0 Å². The smallest absolute Gasteiger partial charge is 0.347 e. The Kier molecular flexibility index (Phi) is 4.40. The highest BCUT2D eigenvalue weighted by Crippen LogP contribution is 2.25. The monoisotopic (exact) mass is 332 g/mol. The van der Waals surface area contributed by atoms with Crippen LogP contribution >= 0.6 is 22.7 Å². The Balaban J connectivity index is 1.59. The van der Waals surface area contributed by atoms with E-state index in [4.69, 9.17) is 0 Å². The van der Waals surface area contributed by atoms with E-state index in [2.05, 4.69) is 15.3 Å². The molecule has 0 saturated heterocycles. The van der Waals surface area contributed by atoms with Gasteiger partial charge in [-0.2, -0.15) is 0 Å². The Bertz CT molecular complexity index is 823. The van der Waals surface area contributed by atoms with Gasteiger partial charge in [0.05, 0.1) is 10.6 Å². The summed E-state index contributed by atoms with van der Waals surface area (Å²) in [6, 6.07) is 5.60. The molecular formula is C14H12N4O2S2. The topological polar surface area (TPSA) is 76.9 Å². The quantitative estimate of drug-likeness (QED) is 0.774. The normalized spacial score (nSPS) is 10.5. The molecule has 22 heavy (non-hydrogen) atoms. The fourth-order valence-corrected chi connectivity index (χ4v) is 3.33. The molecule has 0 radical (unpaired) electrons. The molecule has 3 rings (SSSR count). The van der Waals surface area contributed by atoms with Crippen molar-refractivity contribution in [2.75, 3.05) is 6.54 Å². The molecule has 1 N–H and O–H groups in total. The van der Waals surface area contributed by atoms with E-state index in [1.54, 1.807) is 23.6 Å². The molecule has 1 amide bonds. The summed E-state index contributed by atoms with van der Waals surface area (Å²) < 4.78 is 1.44. The third kappa shape index (κ3) is 3.29. The van der Waals surface area contributed by atoms with Gasteiger partial charge in [-0.15, -0.1) is 22.7 Å². The fraction of sp³-hybridized carbons (Fsp3) is 0.143. The maximum atomic E-state index is 12.0. The SMILES string of the molecule is O=C(NCCn1cccnc1=O)c1nc(-c2cccs2)cs1. The highest BCUT2D eigenvalue weighted by molar-refractivity contribution is 7.15. The molecule has 6 nitrogen and oxygen atoms in total. The van der Waals surface area contributed by atoms with Gasteiger partial charge in [-0.1, -0.05) is 6.07 Å². The van der Waals surface area contributed by atoms with Crippen LogP contribution in [0.5, 0.6) is 0 Å². The first-order valence-electron chi connectivity index (χ1n) is 6.53.